The molecule has 3 aromatic heterocycles. The van der Waals surface area contributed by atoms with Gasteiger partial charge < -0.3 is 5.32 Å². The number of hydrogen-bond acceptors (Lipinski definition) is 6. The van der Waals surface area contributed by atoms with Crippen molar-refractivity contribution in [3.05, 3.63) is 60.1 Å². The largest absolute Gasteiger partial charge is 0.331 e. The van der Waals surface area contributed by atoms with Gasteiger partial charge in [-0.05, 0) is 56.0 Å². The quantitative estimate of drug-likeness (QED) is 0.533. The first-order valence-electron chi connectivity index (χ1n) is 11.1. The van der Waals surface area contributed by atoms with Gasteiger partial charge in [0.25, 0.3) is 0 Å². The second kappa shape index (κ2) is 9.49. The molecule has 0 fully saturated rings. The minimum atomic E-state index is -3.47. The molecule has 11 heteroatoms. The van der Waals surface area contributed by atoms with Crippen LogP contribution < -0.4 is 10.2 Å². The SMILES string of the molecule is CCC[C@H](NC(=O)N1c2cnn(-c3ccc(F)nc3)c2CCC1C)c1ccnc(S(C)(=O)=O)c1. The van der Waals surface area contributed by atoms with Crippen molar-refractivity contribution < 1.29 is 17.6 Å². The summed E-state index contributed by atoms with van der Waals surface area (Å²) in [5.41, 5.74) is 2.83. The number of nitrogens with one attached hydrogen (secondary N) is 1. The maximum Gasteiger partial charge on any atom is 0.322 e. The summed E-state index contributed by atoms with van der Waals surface area (Å²) in [5.74, 6) is -0.573. The van der Waals surface area contributed by atoms with Crippen LogP contribution in [-0.2, 0) is 16.3 Å². The van der Waals surface area contributed by atoms with Crippen LogP contribution in [0.2, 0.25) is 0 Å². The van der Waals surface area contributed by atoms with E-state index in [0.29, 0.717) is 29.8 Å². The van der Waals surface area contributed by atoms with Gasteiger partial charge in [-0.2, -0.15) is 9.49 Å². The summed E-state index contributed by atoms with van der Waals surface area (Å²) in [6.45, 7) is 3.97. The van der Waals surface area contributed by atoms with Crippen molar-refractivity contribution in [1.82, 2.24) is 25.1 Å². The van der Waals surface area contributed by atoms with Gasteiger partial charge in [0.15, 0.2) is 14.9 Å². The van der Waals surface area contributed by atoms with E-state index >= 15 is 0 Å². The number of sulfone groups is 1. The molecule has 3 aromatic rings. The van der Waals surface area contributed by atoms with Crippen LogP contribution >= 0.6 is 0 Å². The minimum Gasteiger partial charge on any atom is -0.331 e. The van der Waals surface area contributed by atoms with Gasteiger partial charge in [0.05, 0.1) is 35.5 Å². The Labute approximate surface area is 197 Å². The molecule has 34 heavy (non-hydrogen) atoms. The number of anilines is 1. The molecular formula is C23H27FN6O3S. The fourth-order valence-electron chi connectivity index (χ4n) is 4.21. The second-order valence-electron chi connectivity index (χ2n) is 8.48. The Morgan fingerprint density at radius 1 is 1.26 bits per heavy atom. The van der Waals surface area contributed by atoms with Gasteiger partial charge in [-0.3, -0.25) is 4.90 Å². The highest BCUT2D eigenvalue weighted by Crippen LogP contribution is 2.33. The molecule has 1 aliphatic rings. The highest BCUT2D eigenvalue weighted by molar-refractivity contribution is 7.90. The Morgan fingerprint density at radius 2 is 2.06 bits per heavy atom. The molecule has 2 amide bonds. The molecule has 0 aromatic carbocycles. The highest BCUT2D eigenvalue weighted by atomic mass is 32.2. The van der Waals surface area contributed by atoms with Crippen LogP contribution in [0.5, 0.6) is 0 Å². The number of pyridine rings is 2. The van der Waals surface area contributed by atoms with Gasteiger partial charge in [-0.1, -0.05) is 13.3 Å². The zero-order valence-electron chi connectivity index (χ0n) is 19.3. The van der Waals surface area contributed by atoms with E-state index in [-0.39, 0.29) is 23.1 Å². The number of hydrogen-bond donors (Lipinski definition) is 1. The summed E-state index contributed by atoms with van der Waals surface area (Å²) in [5, 5.41) is 7.49. The molecule has 4 rings (SSSR count). The number of rotatable bonds is 6. The molecule has 1 unspecified atom stereocenters. The van der Waals surface area contributed by atoms with Crippen LogP contribution in [0.15, 0.2) is 47.9 Å². The molecule has 1 N–H and O–H groups in total. The summed E-state index contributed by atoms with van der Waals surface area (Å²) >= 11 is 0. The van der Waals surface area contributed by atoms with Gasteiger partial charge in [0.2, 0.25) is 5.95 Å². The lowest BCUT2D eigenvalue weighted by Gasteiger charge is -2.34. The fraction of sp³-hybridized carbons (Fsp3) is 0.391. The maximum absolute atomic E-state index is 13.5. The molecule has 0 aliphatic carbocycles. The zero-order chi connectivity index (χ0) is 24.5. The molecule has 0 radical (unpaired) electrons. The fourth-order valence-corrected chi connectivity index (χ4v) is 4.81. The van der Waals surface area contributed by atoms with Gasteiger partial charge >= 0.3 is 6.03 Å². The normalized spacial score (nSPS) is 16.7. The van der Waals surface area contributed by atoms with E-state index < -0.39 is 15.8 Å². The maximum atomic E-state index is 13.5. The van der Waals surface area contributed by atoms with E-state index in [9.17, 15) is 17.6 Å². The molecule has 9 nitrogen and oxygen atoms in total. The van der Waals surface area contributed by atoms with Gasteiger partial charge in [0.1, 0.15) is 0 Å². The van der Waals surface area contributed by atoms with Crippen molar-refractivity contribution in [2.24, 2.45) is 0 Å². The molecule has 0 bridgehead atoms. The summed E-state index contributed by atoms with van der Waals surface area (Å²) < 4.78 is 38.9. The van der Waals surface area contributed by atoms with Crippen LogP contribution in [0.4, 0.5) is 14.9 Å². The van der Waals surface area contributed by atoms with Crippen LogP contribution in [-0.4, -0.2) is 46.5 Å². The lowest BCUT2D eigenvalue weighted by Crippen LogP contribution is -2.48. The van der Waals surface area contributed by atoms with Crippen LogP contribution in [0.3, 0.4) is 0 Å². The molecule has 0 saturated carbocycles. The lowest BCUT2D eigenvalue weighted by molar-refractivity contribution is 0.239. The Hall–Kier alpha value is -3.34. The summed E-state index contributed by atoms with van der Waals surface area (Å²) in [6, 6.07) is 5.37. The van der Waals surface area contributed by atoms with E-state index in [4.69, 9.17) is 0 Å². The molecular weight excluding hydrogens is 459 g/mol. The van der Waals surface area contributed by atoms with E-state index in [2.05, 4.69) is 20.4 Å². The molecule has 0 spiro atoms. The van der Waals surface area contributed by atoms with E-state index in [1.165, 1.54) is 24.5 Å². The predicted octanol–water partition coefficient (Wildman–Crippen LogP) is 3.60. The van der Waals surface area contributed by atoms with Crippen LogP contribution in [0.25, 0.3) is 5.69 Å². The number of amides is 2. The summed E-state index contributed by atoms with van der Waals surface area (Å²) in [4.78, 5) is 22.8. The first-order valence-corrected chi connectivity index (χ1v) is 13.0. The molecule has 4 heterocycles. The summed E-state index contributed by atoms with van der Waals surface area (Å²) in [6.07, 6.45) is 8.46. The Kier molecular flexibility index (Phi) is 6.65. The van der Waals surface area contributed by atoms with Crippen molar-refractivity contribution >= 4 is 21.6 Å². The first-order chi connectivity index (χ1) is 16.2. The van der Waals surface area contributed by atoms with Crippen molar-refractivity contribution in [2.75, 3.05) is 11.2 Å². The van der Waals surface area contributed by atoms with Crippen molar-refractivity contribution in [3.8, 4) is 5.69 Å². The number of carbonyl (C=O) groups is 1. The topological polar surface area (TPSA) is 110 Å². The van der Waals surface area contributed by atoms with Gasteiger partial charge in [0, 0.05) is 18.5 Å². The lowest BCUT2D eigenvalue weighted by atomic mass is 10.0. The molecule has 0 saturated heterocycles. The third kappa shape index (κ3) is 4.79. The predicted molar refractivity (Wildman–Crippen MR) is 125 cm³/mol. The smallest absolute Gasteiger partial charge is 0.322 e. The Morgan fingerprint density at radius 3 is 2.74 bits per heavy atom. The third-order valence-corrected chi connectivity index (χ3v) is 6.92. The molecule has 180 valence electrons. The molecule has 1 aliphatic heterocycles. The minimum absolute atomic E-state index is 0.0248. The standard InChI is InChI=1S/C23H27FN6O3S/c1-4-5-18(16-10-11-25-22(12-16)34(3,32)33)28-23(31)29-15(2)6-8-19-20(29)14-27-30(19)17-7-9-21(24)26-13-17/h7,9-15,18H,4-6,8H2,1-3H3,(H,28,31)/t15?,18-/m0/s1. The number of halogens is 1. The monoisotopic (exact) mass is 486 g/mol. The van der Waals surface area contributed by atoms with Crippen LogP contribution in [0, 0.1) is 5.95 Å². The summed E-state index contributed by atoms with van der Waals surface area (Å²) in [7, 11) is -3.47. The number of urea groups is 1. The second-order valence-corrected chi connectivity index (χ2v) is 10.4. The first kappa shape index (κ1) is 23.8. The number of fused-ring (bicyclic) bond motifs is 1. The van der Waals surface area contributed by atoms with Crippen LogP contribution in [0.1, 0.15) is 50.4 Å². The Balaban J connectivity index is 1.63. The van der Waals surface area contributed by atoms with Crippen molar-refractivity contribution in [3.63, 3.8) is 0 Å². The number of nitrogens with zero attached hydrogens (tertiary/aromatic N) is 5. The molecule has 2 atom stereocenters. The van der Waals surface area contributed by atoms with E-state index in [0.717, 1.165) is 24.8 Å². The number of aromatic nitrogens is 4. The van der Waals surface area contributed by atoms with Crippen molar-refractivity contribution in [1.29, 1.82) is 0 Å². The van der Waals surface area contributed by atoms with E-state index in [1.54, 1.807) is 27.9 Å². The Bertz CT molecular complexity index is 1290. The third-order valence-electron chi connectivity index (χ3n) is 5.94. The highest BCUT2D eigenvalue weighted by Gasteiger charge is 2.33. The zero-order valence-corrected chi connectivity index (χ0v) is 20.1. The van der Waals surface area contributed by atoms with Gasteiger partial charge in [-0.25, -0.2) is 27.9 Å². The average molecular weight is 487 g/mol. The average Bonchev–Trinajstić information content (AvgIpc) is 3.22. The van der Waals surface area contributed by atoms with Gasteiger partial charge in [-0.15, -0.1) is 0 Å². The van der Waals surface area contributed by atoms with E-state index in [1.807, 2.05) is 13.8 Å². The van der Waals surface area contributed by atoms with Crippen molar-refractivity contribution in [2.45, 2.75) is 56.6 Å². The number of carbonyl (C=O) groups excluding carboxylic acids is 1.